The van der Waals surface area contributed by atoms with Crippen molar-refractivity contribution in [2.45, 2.75) is 20.8 Å². The third kappa shape index (κ3) is 3.05. The zero-order valence-corrected chi connectivity index (χ0v) is 14.4. The van der Waals surface area contributed by atoms with E-state index in [0.717, 1.165) is 16.8 Å². The first-order chi connectivity index (χ1) is 11.3. The van der Waals surface area contributed by atoms with Crippen molar-refractivity contribution in [3.63, 3.8) is 0 Å². The lowest BCUT2D eigenvalue weighted by Gasteiger charge is -2.07. The van der Waals surface area contributed by atoms with Crippen molar-refractivity contribution >= 4 is 40.0 Å². The Labute approximate surface area is 145 Å². The monoisotopic (exact) mass is 340 g/mol. The standard InChI is InChI=1S/C19H17ClN2O2/c1-11-6-12(2)8-15(7-11)21-19(24)17-10-22(13(3)23)18-5-4-14(20)9-16(17)18/h4-10H,1-3H3,(H,21,24). The van der Waals surface area contributed by atoms with Crippen LogP contribution in [0, 0.1) is 13.8 Å². The van der Waals surface area contributed by atoms with Gasteiger partial charge in [0.25, 0.3) is 5.91 Å². The number of benzene rings is 2. The smallest absolute Gasteiger partial charge is 0.257 e. The molecule has 0 atom stereocenters. The van der Waals surface area contributed by atoms with Gasteiger partial charge < -0.3 is 5.32 Å². The van der Waals surface area contributed by atoms with Crippen molar-refractivity contribution in [1.29, 1.82) is 0 Å². The highest BCUT2D eigenvalue weighted by molar-refractivity contribution is 6.31. The molecule has 3 aromatic rings. The first kappa shape index (κ1) is 16.3. The van der Waals surface area contributed by atoms with Crippen molar-refractivity contribution in [1.82, 2.24) is 4.57 Å². The van der Waals surface area contributed by atoms with Crippen molar-refractivity contribution in [2.24, 2.45) is 0 Å². The third-order valence-corrected chi connectivity index (χ3v) is 4.07. The van der Waals surface area contributed by atoms with E-state index in [-0.39, 0.29) is 11.8 Å². The lowest BCUT2D eigenvalue weighted by molar-refractivity contribution is 0.0941. The summed E-state index contributed by atoms with van der Waals surface area (Å²) in [5.41, 5.74) is 3.95. The summed E-state index contributed by atoms with van der Waals surface area (Å²) in [6.07, 6.45) is 1.56. The van der Waals surface area contributed by atoms with Crippen LogP contribution in [0.1, 0.15) is 33.2 Å². The molecule has 0 aliphatic rings. The minimum absolute atomic E-state index is 0.159. The van der Waals surface area contributed by atoms with Crippen LogP contribution in [0.4, 0.5) is 5.69 Å². The molecule has 0 radical (unpaired) electrons. The molecular formula is C19H17ClN2O2. The fourth-order valence-electron chi connectivity index (χ4n) is 2.89. The van der Waals surface area contributed by atoms with Gasteiger partial charge in [-0.1, -0.05) is 17.7 Å². The zero-order chi connectivity index (χ0) is 17.4. The highest BCUT2D eigenvalue weighted by Gasteiger charge is 2.17. The van der Waals surface area contributed by atoms with Crippen LogP contribution in [0.5, 0.6) is 0 Å². The largest absolute Gasteiger partial charge is 0.322 e. The number of carbonyl (C=O) groups is 2. The van der Waals surface area contributed by atoms with Crippen LogP contribution in [0.3, 0.4) is 0 Å². The molecule has 24 heavy (non-hydrogen) atoms. The molecule has 1 amide bonds. The highest BCUT2D eigenvalue weighted by atomic mass is 35.5. The van der Waals surface area contributed by atoms with E-state index in [2.05, 4.69) is 5.32 Å². The average Bonchev–Trinajstić information content (AvgIpc) is 2.84. The molecule has 0 fully saturated rings. The van der Waals surface area contributed by atoms with E-state index in [1.807, 2.05) is 32.0 Å². The summed E-state index contributed by atoms with van der Waals surface area (Å²) >= 11 is 6.06. The molecule has 0 saturated carbocycles. The van der Waals surface area contributed by atoms with Crippen molar-refractivity contribution < 1.29 is 9.59 Å². The van der Waals surface area contributed by atoms with Crippen LogP contribution >= 0.6 is 11.6 Å². The Balaban J connectivity index is 2.06. The molecule has 2 aromatic carbocycles. The number of anilines is 1. The van der Waals surface area contributed by atoms with E-state index in [9.17, 15) is 9.59 Å². The van der Waals surface area contributed by atoms with Gasteiger partial charge in [-0.25, -0.2) is 0 Å². The summed E-state index contributed by atoms with van der Waals surface area (Å²) in [6.45, 7) is 5.41. The molecule has 0 aliphatic heterocycles. The van der Waals surface area contributed by atoms with E-state index < -0.39 is 0 Å². The Morgan fingerprint density at radius 1 is 1.04 bits per heavy atom. The number of hydrogen-bond acceptors (Lipinski definition) is 2. The molecule has 5 heteroatoms. The van der Waals surface area contributed by atoms with Gasteiger partial charge in [-0.3, -0.25) is 14.2 Å². The number of nitrogens with zero attached hydrogens (tertiary/aromatic N) is 1. The molecule has 1 heterocycles. The Hall–Kier alpha value is -2.59. The summed E-state index contributed by atoms with van der Waals surface area (Å²) in [4.78, 5) is 24.5. The molecule has 1 N–H and O–H groups in total. The number of halogens is 1. The highest BCUT2D eigenvalue weighted by Crippen LogP contribution is 2.26. The second-order valence-corrected chi connectivity index (χ2v) is 6.36. The maximum absolute atomic E-state index is 12.7. The van der Waals surface area contributed by atoms with E-state index in [0.29, 0.717) is 21.5 Å². The predicted octanol–water partition coefficient (Wildman–Crippen LogP) is 4.82. The summed E-state index contributed by atoms with van der Waals surface area (Å²) in [6, 6.07) is 11.0. The summed E-state index contributed by atoms with van der Waals surface area (Å²) < 4.78 is 1.46. The first-order valence-corrected chi connectivity index (χ1v) is 7.94. The van der Waals surface area contributed by atoms with Gasteiger partial charge in [-0.15, -0.1) is 0 Å². The van der Waals surface area contributed by atoms with Crippen molar-refractivity contribution in [3.05, 3.63) is 64.3 Å². The van der Waals surface area contributed by atoms with Gasteiger partial charge >= 0.3 is 0 Å². The molecule has 3 rings (SSSR count). The van der Waals surface area contributed by atoms with E-state index >= 15 is 0 Å². The maximum atomic E-state index is 12.7. The fraction of sp³-hybridized carbons (Fsp3) is 0.158. The van der Waals surface area contributed by atoms with E-state index in [1.165, 1.54) is 11.5 Å². The number of hydrogen-bond donors (Lipinski definition) is 1. The second kappa shape index (κ2) is 6.13. The third-order valence-electron chi connectivity index (χ3n) is 3.83. The molecule has 0 aliphatic carbocycles. The van der Waals surface area contributed by atoms with Gasteiger partial charge in [-0.05, 0) is 55.3 Å². The first-order valence-electron chi connectivity index (χ1n) is 7.56. The molecule has 1 aromatic heterocycles. The van der Waals surface area contributed by atoms with Gasteiger partial charge in [0, 0.05) is 29.2 Å². The number of carbonyl (C=O) groups excluding carboxylic acids is 2. The second-order valence-electron chi connectivity index (χ2n) is 5.92. The molecule has 0 unspecified atom stereocenters. The van der Waals surface area contributed by atoms with E-state index in [4.69, 9.17) is 11.6 Å². The van der Waals surface area contributed by atoms with Gasteiger partial charge in [0.1, 0.15) is 0 Å². The molecular weight excluding hydrogens is 324 g/mol. The van der Waals surface area contributed by atoms with E-state index in [1.54, 1.807) is 24.4 Å². The average molecular weight is 341 g/mol. The summed E-state index contributed by atoms with van der Waals surface area (Å²) in [5, 5.41) is 4.07. The Morgan fingerprint density at radius 2 is 1.71 bits per heavy atom. The minimum Gasteiger partial charge on any atom is -0.322 e. The topological polar surface area (TPSA) is 51.1 Å². The van der Waals surface area contributed by atoms with Gasteiger partial charge in [0.15, 0.2) is 0 Å². The minimum atomic E-state index is -0.271. The van der Waals surface area contributed by atoms with Crippen LogP contribution < -0.4 is 5.32 Å². The molecule has 0 spiro atoms. The molecule has 4 nitrogen and oxygen atoms in total. The summed E-state index contributed by atoms with van der Waals surface area (Å²) in [7, 11) is 0. The normalized spacial score (nSPS) is 10.8. The van der Waals surface area contributed by atoms with Crippen molar-refractivity contribution in [3.8, 4) is 0 Å². The Kier molecular flexibility index (Phi) is 4.16. The molecule has 122 valence electrons. The van der Waals surface area contributed by atoms with Crippen molar-refractivity contribution in [2.75, 3.05) is 5.32 Å². The number of aromatic nitrogens is 1. The number of amides is 1. The van der Waals surface area contributed by atoms with Crippen LogP contribution in [-0.2, 0) is 0 Å². The van der Waals surface area contributed by atoms with Crippen LogP contribution in [0.25, 0.3) is 10.9 Å². The van der Waals surface area contributed by atoms with Crippen LogP contribution in [0.15, 0.2) is 42.6 Å². The lowest BCUT2D eigenvalue weighted by Crippen LogP contribution is -2.12. The fourth-order valence-corrected chi connectivity index (χ4v) is 3.06. The maximum Gasteiger partial charge on any atom is 0.257 e. The SMILES string of the molecule is CC(=O)n1cc(C(=O)Nc2cc(C)cc(C)c2)c2cc(Cl)ccc21. The van der Waals surface area contributed by atoms with Crippen LogP contribution in [0.2, 0.25) is 5.02 Å². The number of fused-ring (bicyclic) bond motifs is 1. The number of nitrogens with one attached hydrogen (secondary N) is 1. The predicted molar refractivity (Wildman–Crippen MR) is 97.1 cm³/mol. The summed E-state index contributed by atoms with van der Waals surface area (Å²) in [5.74, 6) is -0.431. The zero-order valence-electron chi connectivity index (χ0n) is 13.7. The number of aryl methyl sites for hydroxylation is 2. The van der Waals surface area contributed by atoms with Gasteiger partial charge in [0.2, 0.25) is 5.91 Å². The van der Waals surface area contributed by atoms with Crippen LogP contribution in [-0.4, -0.2) is 16.4 Å². The molecule has 0 saturated heterocycles. The lowest BCUT2D eigenvalue weighted by atomic mass is 10.1. The molecule has 0 bridgehead atoms. The quantitative estimate of drug-likeness (QED) is 0.726. The Morgan fingerprint density at radius 3 is 2.33 bits per heavy atom. The Bertz CT molecular complexity index is 953. The van der Waals surface area contributed by atoms with Gasteiger partial charge in [-0.2, -0.15) is 0 Å². The number of rotatable bonds is 2. The van der Waals surface area contributed by atoms with Gasteiger partial charge in [0.05, 0.1) is 11.1 Å².